The summed E-state index contributed by atoms with van der Waals surface area (Å²) in [5.41, 5.74) is 9.70. The Hall–Kier alpha value is -1.60. The Balaban J connectivity index is 2.19. The summed E-state index contributed by atoms with van der Waals surface area (Å²) in [5, 5.41) is 0. The molecule has 1 heteroatoms. The van der Waals surface area contributed by atoms with Gasteiger partial charge in [-0.1, -0.05) is 48.5 Å². The molecule has 0 amide bonds. The smallest absolute Gasteiger partial charge is 0.0894 e. The van der Waals surface area contributed by atoms with Crippen molar-refractivity contribution in [1.82, 2.24) is 0 Å². The van der Waals surface area contributed by atoms with Gasteiger partial charge >= 0.3 is 0 Å². The fourth-order valence-corrected chi connectivity index (χ4v) is 2.56. The van der Waals surface area contributed by atoms with Crippen molar-refractivity contribution < 1.29 is 5.73 Å². The van der Waals surface area contributed by atoms with Crippen LogP contribution < -0.4 is 5.73 Å². The van der Waals surface area contributed by atoms with Gasteiger partial charge in [0, 0.05) is 0 Å². The third-order valence-corrected chi connectivity index (χ3v) is 3.32. The highest BCUT2D eigenvalue weighted by Crippen LogP contribution is 2.34. The molecule has 1 aliphatic carbocycles. The number of fused-ring (bicyclic) bond motifs is 2. The van der Waals surface area contributed by atoms with Gasteiger partial charge in [0.2, 0.25) is 0 Å². The van der Waals surface area contributed by atoms with E-state index in [-0.39, 0.29) is 0 Å². The number of hydrogen-bond acceptors (Lipinski definition) is 0. The maximum Gasteiger partial charge on any atom is 0.0894 e. The minimum atomic E-state index is 0.855. The van der Waals surface area contributed by atoms with Crippen LogP contribution in [0, 0.1) is 5.92 Å². The Bertz CT molecular complexity index is 471. The topological polar surface area (TPSA) is 27.6 Å². The number of quaternary nitrogens is 1. The third-order valence-electron chi connectivity index (χ3n) is 3.32. The molecule has 0 aromatic heterocycles. The zero-order chi connectivity index (χ0) is 11.0. The van der Waals surface area contributed by atoms with E-state index in [9.17, 15) is 0 Å². The van der Waals surface area contributed by atoms with Gasteiger partial charge in [-0.2, -0.15) is 0 Å². The molecule has 0 atom stereocenters. The van der Waals surface area contributed by atoms with Gasteiger partial charge in [-0.15, -0.1) is 0 Å². The molecule has 1 nitrogen and oxygen atoms in total. The number of hydrogen-bond donors (Lipinski definition) is 1. The summed E-state index contributed by atoms with van der Waals surface area (Å²) < 4.78 is 0. The van der Waals surface area contributed by atoms with E-state index in [4.69, 9.17) is 0 Å². The van der Waals surface area contributed by atoms with Crippen molar-refractivity contribution in [2.24, 2.45) is 0 Å². The first kappa shape index (κ1) is 9.61. The van der Waals surface area contributed by atoms with Crippen molar-refractivity contribution in [3.05, 3.63) is 76.7 Å². The van der Waals surface area contributed by atoms with E-state index in [0.29, 0.717) is 0 Å². The molecule has 2 aromatic rings. The van der Waals surface area contributed by atoms with E-state index in [0.717, 1.165) is 13.0 Å². The van der Waals surface area contributed by atoms with E-state index in [2.05, 4.69) is 54.3 Å². The van der Waals surface area contributed by atoms with Crippen molar-refractivity contribution in [3.8, 4) is 0 Å². The van der Waals surface area contributed by atoms with Gasteiger partial charge in [0.05, 0.1) is 12.5 Å². The van der Waals surface area contributed by atoms with E-state index in [1.54, 1.807) is 0 Å². The lowest BCUT2D eigenvalue weighted by Crippen LogP contribution is -2.54. The van der Waals surface area contributed by atoms with Crippen LogP contribution in [0.4, 0.5) is 0 Å². The predicted molar refractivity (Wildman–Crippen MR) is 64.9 cm³/mol. The first-order valence-corrected chi connectivity index (χ1v) is 5.72. The van der Waals surface area contributed by atoms with Crippen molar-refractivity contribution in [1.29, 1.82) is 0 Å². The van der Waals surface area contributed by atoms with Gasteiger partial charge in [-0.3, -0.25) is 0 Å². The zero-order valence-electron chi connectivity index (χ0n) is 9.24. The SMILES string of the molecule is [NH3+]C[C]1c2ccccc2Cc2ccccc21. The average molecular weight is 209 g/mol. The van der Waals surface area contributed by atoms with Crippen molar-refractivity contribution in [2.75, 3.05) is 6.54 Å². The van der Waals surface area contributed by atoms with Crippen LogP contribution in [0.5, 0.6) is 0 Å². The molecule has 0 heterocycles. The molecular formula is C15H15N+. The zero-order valence-corrected chi connectivity index (χ0v) is 9.24. The Labute approximate surface area is 95.9 Å². The Morgan fingerprint density at radius 1 is 0.812 bits per heavy atom. The van der Waals surface area contributed by atoms with Crippen LogP contribution in [0.2, 0.25) is 0 Å². The van der Waals surface area contributed by atoms with Crippen molar-refractivity contribution in [3.63, 3.8) is 0 Å². The molecule has 1 radical (unpaired) electrons. The molecule has 0 spiro atoms. The normalized spacial score (nSPS) is 14.3. The first-order valence-electron chi connectivity index (χ1n) is 5.72. The van der Waals surface area contributed by atoms with Gasteiger partial charge in [0.25, 0.3) is 0 Å². The minimum absolute atomic E-state index is 0.855. The second kappa shape index (κ2) is 3.76. The molecule has 79 valence electrons. The summed E-state index contributed by atoms with van der Waals surface area (Å²) >= 11 is 0. The molecule has 3 rings (SSSR count). The fraction of sp³-hybridized carbons (Fsp3) is 0.133. The van der Waals surface area contributed by atoms with Crippen molar-refractivity contribution in [2.45, 2.75) is 6.42 Å². The highest BCUT2D eigenvalue weighted by Gasteiger charge is 2.25. The van der Waals surface area contributed by atoms with Crippen LogP contribution >= 0.6 is 0 Å². The molecular weight excluding hydrogens is 194 g/mol. The monoisotopic (exact) mass is 209 g/mol. The highest BCUT2D eigenvalue weighted by molar-refractivity contribution is 5.58. The summed E-state index contributed by atoms with van der Waals surface area (Å²) in [6.45, 7) is 0.855. The Morgan fingerprint density at radius 3 is 1.81 bits per heavy atom. The molecule has 0 aliphatic heterocycles. The summed E-state index contributed by atoms with van der Waals surface area (Å²) in [4.78, 5) is 0. The van der Waals surface area contributed by atoms with E-state index >= 15 is 0 Å². The van der Waals surface area contributed by atoms with Gasteiger partial charge < -0.3 is 5.73 Å². The summed E-state index contributed by atoms with van der Waals surface area (Å²) in [5.74, 6) is 1.39. The lowest BCUT2D eigenvalue weighted by Gasteiger charge is -2.25. The third kappa shape index (κ3) is 1.36. The molecule has 3 N–H and O–H groups in total. The number of rotatable bonds is 1. The molecule has 0 saturated heterocycles. The lowest BCUT2D eigenvalue weighted by molar-refractivity contribution is -0.359. The van der Waals surface area contributed by atoms with Crippen LogP contribution in [0.15, 0.2) is 48.5 Å². The van der Waals surface area contributed by atoms with E-state index < -0.39 is 0 Å². The fourth-order valence-electron chi connectivity index (χ4n) is 2.56. The van der Waals surface area contributed by atoms with Crippen LogP contribution in [0.25, 0.3) is 0 Å². The molecule has 0 unspecified atom stereocenters. The van der Waals surface area contributed by atoms with Crippen molar-refractivity contribution >= 4 is 0 Å². The van der Waals surface area contributed by atoms with Crippen LogP contribution in [-0.2, 0) is 6.42 Å². The van der Waals surface area contributed by atoms with Gasteiger partial charge in [-0.05, 0) is 28.7 Å². The van der Waals surface area contributed by atoms with Gasteiger partial charge in [0.1, 0.15) is 0 Å². The first-order chi connectivity index (χ1) is 7.90. The quantitative estimate of drug-likeness (QED) is 0.742. The van der Waals surface area contributed by atoms with Crippen LogP contribution in [0.1, 0.15) is 22.3 Å². The minimum Gasteiger partial charge on any atom is -0.356 e. The van der Waals surface area contributed by atoms with Crippen LogP contribution in [-0.4, -0.2) is 6.54 Å². The lowest BCUT2D eigenvalue weighted by atomic mass is 9.78. The molecule has 0 fully saturated rings. The summed E-state index contributed by atoms with van der Waals surface area (Å²) in [6.07, 6.45) is 1.05. The van der Waals surface area contributed by atoms with E-state index in [1.807, 2.05) is 0 Å². The molecule has 0 bridgehead atoms. The predicted octanol–water partition coefficient (Wildman–Crippen LogP) is 1.80. The highest BCUT2D eigenvalue weighted by atomic mass is 14.6. The van der Waals surface area contributed by atoms with E-state index in [1.165, 1.54) is 28.2 Å². The van der Waals surface area contributed by atoms with Gasteiger partial charge in [-0.25, -0.2) is 0 Å². The molecule has 2 aromatic carbocycles. The summed E-state index contributed by atoms with van der Waals surface area (Å²) in [6, 6.07) is 17.3. The molecule has 1 aliphatic rings. The Morgan fingerprint density at radius 2 is 1.31 bits per heavy atom. The summed E-state index contributed by atoms with van der Waals surface area (Å²) in [7, 11) is 0. The standard InChI is InChI=1S/C15H14N/c16-10-15-13-7-3-1-5-11(13)9-12-6-2-4-8-14(12)15/h1-8H,9-10,16H2/p+1. The number of benzene rings is 2. The molecule has 0 saturated carbocycles. The maximum atomic E-state index is 4.07. The Kier molecular flexibility index (Phi) is 2.26. The maximum absolute atomic E-state index is 4.07. The second-order valence-electron chi connectivity index (χ2n) is 4.22. The van der Waals surface area contributed by atoms with Crippen LogP contribution in [0.3, 0.4) is 0 Å². The average Bonchev–Trinajstić information content (AvgIpc) is 2.36. The molecule has 16 heavy (non-hydrogen) atoms. The largest absolute Gasteiger partial charge is 0.356 e. The second-order valence-corrected chi connectivity index (χ2v) is 4.22. The van der Waals surface area contributed by atoms with Gasteiger partial charge in [0.15, 0.2) is 0 Å².